The lowest BCUT2D eigenvalue weighted by Gasteiger charge is -2.07. The summed E-state index contributed by atoms with van der Waals surface area (Å²) in [4.78, 5) is 10.7. The van der Waals surface area contributed by atoms with Crippen LogP contribution in [-0.2, 0) is 4.79 Å². The number of hydrogen-bond donors (Lipinski definition) is 3. The normalized spacial score (nSPS) is 9.57. The lowest BCUT2D eigenvalue weighted by atomic mass is 10.3. The second-order valence-electron chi connectivity index (χ2n) is 2.91. The van der Waals surface area contributed by atoms with Crippen molar-refractivity contribution in [2.75, 3.05) is 17.3 Å². The molecule has 3 N–H and O–H groups in total. The molecule has 0 aliphatic heterocycles. The van der Waals surface area contributed by atoms with Crippen LogP contribution in [0.25, 0.3) is 0 Å². The predicted molar refractivity (Wildman–Crippen MR) is 58.0 cm³/mol. The maximum Gasteiger partial charge on any atom is 0.221 e. The van der Waals surface area contributed by atoms with Gasteiger partial charge in [-0.25, -0.2) is 5.43 Å². The molecular weight excluding hydrogens is 178 g/mol. The van der Waals surface area contributed by atoms with E-state index in [1.54, 1.807) is 0 Å². The second kappa shape index (κ2) is 5.24. The highest BCUT2D eigenvalue weighted by molar-refractivity contribution is 5.88. The van der Waals surface area contributed by atoms with Gasteiger partial charge in [0.1, 0.15) is 0 Å². The van der Waals surface area contributed by atoms with E-state index in [-0.39, 0.29) is 5.91 Å². The van der Waals surface area contributed by atoms with Gasteiger partial charge in [-0.3, -0.25) is 4.79 Å². The Labute approximate surface area is 83.7 Å². The number of rotatable bonds is 4. The van der Waals surface area contributed by atoms with Gasteiger partial charge in [0.25, 0.3) is 0 Å². The molecule has 0 aliphatic rings. The molecule has 14 heavy (non-hydrogen) atoms. The summed E-state index contributed by atoms with van der Waals surface area (Å²) in [6.07, 6.45) is 0. The van der Waals surface area contributed by atoms with E-state index in [1.165, 1.54) is 6.92 Å². The van der Waals surface area contributed by atoms with Crippen molar-refractivity contribution < 1.29 is 4.79 Å². The van der Waals surface area contributed by atoms with Gasteiger partial charge in [-0.05, 0) is 24.3 Å². The zero-order valence-corrected chi connectivity index (χ0v) is 8.42. The fraction of sp³-hybridized carbons (Fsp3) is 0.300. The van der Waals surface area contributed by atoms with Crippen LogP contribution in [0.3, 0.4) is 0 Å². The van der Waals surface area contributed by atoms with Crippen molar-refractivity contribution in [1.29, 1.82) is 0 Å². The Kier molecular flexibility index (Phi) is 3.94. The van der Waals surface area contributed by atoms with E-state index < -0.39 is 0 Å². The summed E-state index contributed by atoms with van der Waals surface area (Å²) in [7, 11) is 0. The van der Waals surface area contributed by atoms with Crippen molar-refractivity contribution in [1.82, 2.24) is 5.43 Å². The van der Waals surface area contributed by atoms with E-state index in [0.717, 1.165) is 17.9 Å². The zero-order chi connectivity index (χ0) is 10.4. The van der Waals surface area contributed by atoms with Crippen LogP contribution < -0.4 is 16.2 Å². The highest BCUT2D eigenvalue weighted by atomic mass is 16.1. The molecule has 0 bridgehead atoms. The third kappa shape index (κ3) is 3.45. The number of amides is 1. The van der Waals surface area contributed by atoms with Crippen LogP contribution >= 0.6 is 0 Å². The van der Waals surface area contributed by atoms with Gasteiger partial charge in [0.2, 0.25) is 5.91 Å². The molecule has 0 fully saturated rings. The molecule has 4 nitrogen and oxygen atoms in total. The minimum absolute atomic E-state index is 0.0580. The number of benzene rings is 1. The van der Waals surface area contributed by atoms with Gasteiger partial charge in [-0.2, -0.15) is 0 Å². The first-order valence-electron chi connectivity index (χ1n) is 4.59. The first kappa shape index (κ1) is 10.5. The Bertz CT molecular complexity index is 295. The fourth-order valence-corrected chi connectivity index (χ4v) is 1.03. The SMILES string of the molecule is CCNNc1ccc(NC(C)=O)cc1. The molecule has 0 saturated heterocycles. The minimum atomic E-state index is -0.0580. The average molecular weight is 193 g/mol. The number of anilines is 2. The van der Waals surface area contributed by atoms with E-state index in [2.05, 4.69) is 16.2 Å². The van der Waals surface area contributed by atoms with Gasteiger partial charge >= 0.3 is 0 Å². The smallest absolute Gasteiger partial charge is 0.221 e. The molecule has 0 saturated carbocycles. The molecule has 0 aromatic heterocycles. The van der Waals surface area contributed by atoms with Crippen LogP contribution in [0.2, 0.25) is 0 Å². The molecule has 1 amide bonds. The molecular formula is C10H15N3O. The monoisotopic (exact) mass is 193 g/mol. The Hall–Kier alpha value is -1.55. The van der Waals surface area contributed by atoms with Crippen molar-refractivity contribution in [3.05, 3.63) is 24.3 Å². The summed E-state index contributed by atoms with van der Waals surface area (Å²) in [5.74, 6) is -0.0580. The molecule has 0 unspecified atom stereocenters. The van der Waals surface area contributed by atoms with Crippen LogP contribution in [0.15, 0.2) is 24.3 Å². The van der Waals surface area contributed by atoms with Crippen LogP contribution in [0.4, 0.5) is 11.4 Å². The van der Waals surface area contributed by atoms with Gasteiger partial charge in [-0.15, -0.1) is 0 Å². The van der Waals surface area contributed by atoms with Crippen molar-refractivity contribution in [3.8, 4) is 0 Å². The molecule has 0 spiro atoms. The van der Waals surface area contributed by atoms with Crippen LogP contribution in [0.1, 0.15) is 13.8 Å². The summed E-state index contributed by atoms with van der Waals surface area (Å²) < 4.78 is 0. The fourth-order valence-electron chi connectivity index (χ4n) is 1.03. The van der Waals surface area contributed by atoms with E-state index in [9.17, 15) is 4.79 Å². The molecule has 1 aromatic carbocycles. The van der Waals surface area contributed by atoms with Crippen molar-refractivity contribution >= 4 is 17.3 Å². The Balaban J connectivity index is 2.54. The number of hydrazine groups is 1. The highest BCUT2D eigenvalue weighted by Crippen LogP contribution is 2.12. The zero-order valence-electron chi connectivity index (χ0n) is 8.42. The summed E-state index contributed by atoms with van der Waals surface area (Å²) in [5, 5.41) is 2.70. The third-order valence-corrected chi connectivity index (χ3v) is 1.61. The molecule has 0 aliphatic carbocycles. The second-order valence-corrected chi connectivity index (χ2v) is 2.91. The van der Waals surface area contributed by atoms with Crippen LogP contribution in [0.5, 0.6) is 0 Å². The quantitative estimate of drug-likeness (QED) is 0.636. The summed E-state index contributed by atoms with van der Waals surface area (Å²) in [6.45, 7) is 4.36. The first-order chi connectivity index (χ1) is 6.72. The summed E-state index contributed by atoms with van der Waals surface area (Å²) in [5.41, 5.74) is 7.78. The van der Waals surface area contributed by atoms with Crippen molar-refractivity contribution in [2.24, 2.45) is 0 Å². The van der Waals surface area contributed by atoms with Crippen molar-refractivity contribution in [3.63, 3.8) is 0 Å². The molecule has 0 radical (unpaired) electrons. The van der Waals surface area contributed by atoms with E-state index >= 15 is 0 Å². The summed E-state index contributed by atoms with van der Waals surface area (Å²) in [6, 6.07) is 7.49. The van der Waals surface area contributed by atoms with Crippen LogP contribution in [0, 0.1) is 0 Å². The summed E-state index contributed by atoms with van der Waals surface area (Å²) >= 11 is 0. The molecule has 0 atom stereocenters. The maximum atomic E-state index is 10.7. The lowest BCUT2D eigenvalue weighted by Crippen LogP contribution is -2.20. The number of carbonyl (C=O) groups is 1. The van der Waals surface area contributed by atoms with Crippen molar-refractivity contribution in [2.45, 2.75) is 13.8 Å². The van der Waals surface area contributed by atoms with Gasteiger partial charge in [0.05, 0.1) is 0 Å². The van der Waals surface area contributed by atoms with Gasteiger partial charge < -0.3 is 10.7 Å². The lowest BCUT2D eigenvalue weighted by molar-refractivity contribution is -0.114. The minimum Gasteiger partial charge on any atom is -0.326 e. The third-order valence-electron chi connectivity index (χ3n) is 1.61. The topological polar surface area (TPSA) is 53.2 Å². The van der Waals surface area contributed by atoms with Crippen LogP contribution in [-0.4, -0.2) is 12.5 Å². The largest absolute Gasteiger partial charge is 0.326 e. The molecule has 1 aromatic rings. The van der Waals surface area contributed by atoms with Gasteiger partial charge in [0, 0.05) is 24.8 Å². The Morgan fingerprint density at radius 1 is 1.21 bits per heavy atom. The molecule has 76 valence electrons. The van der Waals surface area contributed by atoms with E-state index in [4.69, 9.17) is 0 Å². The van der Waals surface area contributed by atoms with Gasteiger partial charge in [0.15, 0.2) is 0 Å². The van der Waals surface area contributed by atoms with E-state index in [0.29, 0.717) is 0 Å². The number of nitrogens with one attached hydrogen (secondary N) is 3. The number of hydrogen-bond acceptors (Lipinski definition) is 3. The predicted octanol–water partition coefficient (Wildman–Crippen LogP) is 1.58. The molecule has 0 heterocycles. The van der Waals surface area contributed by atoms with E-state index in [1.807, 2.05) is 31.2 Å². The standard InChI is InChI=1S/C10H15N3O/c1-3-11-13-10-6-4-9(5-7-10)12-8(2)14/h4-7,11,13H,3H2,1-2H3,(H,12,14). The van der Waals surface area contributed by atoms with Gasteiger partial charge in [-0.1, -0.05) is 6.92 Å². The maximum absolute atomic E-state index is 10.7. The molecule has 4 heteroatoms. The highest BCUT2D eigenvalue weighted by Gasteiger charge is 1.94. The molecule has 1 rings (SSSR count). The first-order valence-corrected chi connectivity index (χ1v) is 4.59. The average Bonchev–Trinajstić information content (AvgIpc) is 2.16. The number of carbonyl (C=O) groups excluding carboxylic acids is 1. The Morgan fingerprint density at radius 3 is 2.29 bits per heavy atom. The Morgan fingerprint density at radius 2 is 1.79 bits per heavy atom.